The van der Waals surface area contributed by atoms with E-state index in [0.29, 0.717) is 12.4 Å². The zero-order valence-electron chi connectivity index (χ0n) is 14.9. The van der Waals surface area contributed by atoms with Gasteiger partial charge in [-0.3, -0.25) is 4.90 Å². The van der Waals surface area contributed by atoms with Gasteiger partial charge in [0.25, 0.3) is 0 Å². The van der Waals surface area contributed by atoms with Gasteiger partial charge in [-0.1, -0.05) is 18.2 Å². The summed E-state index contributed by atoms with van der Waals surface area (Å²) in [6, 6.07) is 14.7. The minimum absolute atomic E-state index is 0.243. The van der Waals surface area contributed by atoms with Gasteiger partial charge in [-0.05, 0) is 30.3 Å². The van der Waals surface area contributed by atoms with Crippen LogP contribution in [0.4, 0.5) is 5.69 Å². The van der Waals surface area contributed by atoms with Gasteiger partial charge >= 0.3 is 5.97 Å². The number of piperazine rings is 1. The molecular formula is C20H24N2O4. The van der Waals surface area contributed by atoms with Gasteiger partial charge in [0.2, 0.25) is 0 Å². The number of hydrogen-bond donors (Lipinski definition) is 1. The van der Waals surface area contributed by atoms with E-state index >= 15 is 0 Å². The third kappa shape index (κ3) is 4.46. The fraction of sp³-hybridized carbons (Fsp3) is 0.350. The molecule has 0 amide bonds. The maximum absolute atomic E-state index is 11.0. The molecule has 0 aliphatic carbocycles. The highest BCUT2D eigenvalue weighted by atomic mass is 16.5. The third-order valence-electron chi connectivity index (χ3n) is 4.56. The van der Waals surface area contributed by atoms with Crippen molar-refractivity contribution in [3.8, 4) is 11.5 Å². The zero-order chi connectivity index (χ0) is 18.4. The third-order valence-corrected chi connectivity index (χ3v) is 4.56. The molecule has 1 fully saturated rings. The van der Waals surface area contributed by atoms with Crippen molar-refractivity contribution in [2.45, 2.75) is 0 Å². The lowest BCUT2D eigenvalue weighted by atomic mass is 10.2. The molecule has 1 aliphatic rings. The van der Waals surface area contributed by atoms with E-state index in [0.717, 1.165) is 44.2 Å². The first-order valence-corrected chi connectivity index (χ1v) is 8.74. The molecule has 0 bridgehead atoms. The highest BCUT2D eigenvalue weighted by Crippen LogP contribution is 2.28. The Morgan fingerprint density at radius 1 is 1.08 bits per heavy atom. The summed E-state index contributed by atoms with van der Waals surface area (Å²) >= 11 is 0. The molecule has 0 atom stereocenters. The average Bonchev–Trinajstić information content (AvgIpc) is 2.69. The minimum Gasteiger partial charge on any atom is -0.495 e. The Bertz CT molecular complexity index is 742. The molecule has 0 aromatic heterocycles. The Hall–Kier alpha value is -2.73. The maximum atomic E-state index is 11.0. The van der Waals surface area contributed by atoms with Crippen molar-refractivity contribution in [2.75, 3.05) is 51.3 Å². The monoisotopic (exact) mass is 356 g/mol. The molecule has 1 heterocycles. The fourth-order valence-corrected chi connectivity index (χ4v) is 3.11. The summed E-state index contributed by atoms with van der Waals surface area (Å²) in [5.74, 6) is 0.558. The van der Waals surface area contributed by atoms with E-state index in [2.05, 4.69) is 15.9 Å². The highest BCUT2D eigenvalue weighted by Gasteiger charge is 2.19. The molecule has 6 heteroatoms. The van der Waals surface area contributed by atoms with Crippen molar-refractivity contribution in [2.24, 2.45) is 0 Å². The van der Waals surface area contributed by atoms with Crippen LogP contribution >= 0.6 is 0 Å². The topological polar surface area (TPSA) is 62.2 Å². The van der Waals surface area contributed by atoms with Crippen molar-refractivity contribution in [3.63, 3.8) is 0 Å². The van der Waals surface area contributed by atoms with Crippen LogP contribution in [-0.2, 0) is 0 Å². The number of nitrogens with zero attached hydrogens (tertiary/aromatic N) is 2. The Balaban J connectivity index is 1.46. The second-order valence-corrected chi connectivity index (χ2v) is 6.18. The predicted octanol–water partition coefficient (Wildman–Crippen LogP) is 2.59. The molecular weight excluding hydrogens is 332 g/mol. The molecule has 26 heavy (non-hydrogen) atoms. The van der Waals surface area contributed by atoms with E-state index in [9.17, 15) is 4.79 Å². The van der Waals surface area contributed by atoms with Crippen molar-refractivity contribution < 1.29 is 19.4 Å². The SMILES string of the molecule is COc1ccccc1N1CCN(CCOc2cccc(C(=O)O)c2)CC1. The van der Waals surface area contributed by atoms with Crippen LogP contribution in [0.3, 0.4) is 0 Å². The van der Waals surface area contributed by atoms with Crippen molar-refractivity contribution >= 4 is 11.7 Å². The molecule has 2 aromatic carbocycles. The van der Waals surface area contributed by atoms with E-state index in [4.69, 9.17) is 14.6 Å². The van der Waals surface area contributed by atoms with Gasteiger partial charge in [-0.15, -0.1) is 0 Å². The van der Waals surface area contributed by atoms with Crippen LogP contribution in [0.15, 0.2) is 48.5 Å². The lowest BCUT2D eigenvalue weighted by Crippen LogP contribution is -2.47. The largest absolute Gasteiger partial charge is 0.495 e. The Labute approximate surface area is 153 Å². The van der Waals surface area contributed by atoms with Gasteiger partial charge in [0, 0.05) is 32.7 Å². The summed E-state index contributed by atoms with van der Waals surface area (Å²) in [4.78, 5) is 15.7. The molecule has 0 saturated carbocycles. The molecule has 1 saturated heterocycles. The van der Waals surface area contributed by atoms with Crippen LogP contribution in [0.2, 0.25) is 0 Å². The van der Waals surface area contributed by atoms with Gasteiger partial charge in [-0.2, -0.15) is 0 Å². The standard InChI is InChI=1S/C20H24N2O4/c1-25-19-8-3-2-7-18(19)22-11-9-21(10-12-22)13-14-26-17-6-4-5-16(15-17)20(23)24/h2-8,15H,9-14H2,1H3,(H,23,24). The van der Waals surface area contributed by atoms with Crippen LogP contribution in [-0.4, -0.2) is 62.4 Å². The smallest absolute Gasteiger partial charge is 0.335 e. The van der Waals surface area contributed by atoms with E-state index in [-0.39, 0.29) is 5.56 Å². The van der Waals surface area contributed by atoms with Gasteiger partial charge in [0.05, 0.1) is 18.4 Å². The van der Waals surface area contributed by atoms with Gasteiger partial charge in [0.15, 0.2) is 0 Å². The van der Waals surface area contributed by atoms with Crippen molar-refractivity contribution in [1.82, 2.24) is 4.90 Å². The number of para-hydroxylation sites is 2. The summed E-state index contributed by atoms with van der Waals surface area (Å²) in [6.45, 7) is 5.14. The fourth-order valence-electron chi connectivity index (χ4n) is 3.11. The number of carboxylic acids is 1. The predicted molar refractivity (Wildman–Crippen MR) is 101 cm³/mol. The number of carboxylic acid groups (broad SMARTS) is 1. The van der Waals surface area contributed by atoms with Crippen LogP contribution in [0.1, 0.15) is 10.4 Å². The Morgan fingerprint density at radius 3 is 2.58 bits per heavy atom. The number of carbonyl (C=O) groups is 1. The molecule has 1 N–H and O–H groups in total. The van der Waals surface area contributed by atoms with E-state index in [1.165, 1.54) is 0 Å². The molecule has 0 spiro atoms. The van der Waals surface area contributed by atoms with E-state index in [1.54, 1.807) is 31.4 Å². The van der Waals surface area contributed by atoms with E-state index < -0.39 is 5.97 Å². The lowest BCUT2D eigenvalue weighted by Gasteiger charge is -2.36. The molecule has 1 aliphatic heterocycles. The van der Waals surface area contributed by atoms with E-state index in [1.807, 2.05) is 18.2 Å². The lowest BCUT2D eigenvalue weighted by molar-refractivity contribution is 0.0696. The van der Waals surface area contributed by atoms with Crippen LogP contribution in [0, 0.1) is 0 Å². The number of hydrogen-bond acceptors (Lipinski definition) is 5. The molecule has 6 nitrogen and oxygen atoms in total. The van der Waals surface area contributed by atoms with Gasteiger partial charge in [0.1, 0.15) is 18.1 Å². The van der Waals surface area contributed by atoms with Gasteiger partial charge in [-0.25, -0.2) is 4.79 Å². The summed E-state index contributed by atoms with van der Waals surface area (Å²) in [5, 5.41) is 9.02. The highest BCUT2D eigenvalue weighted by molar-refractivity contribution is 5.88. The van der Waals surface area contributed by atoms with Crippen LogP contribution in [0.5, 0.6) is 11.5 Å². The summed E-state index contributed by atoms with van der Waals surface area (Å²) in [6.07, 6.45) is 0. The van der Waals surface area contributed by atoms with Crippen molar-refractivity contribution in [1.29, 1.82) is 0 Å². The minimum atomic E-state index is -0.942. The maximum Gasteiger partial charge on any atom is 0.335 e. The molecule has 2 aromatic rings. The Kier molecular flexibility index (Phi) is 5.96. The summed E-state index contributed by atoms with van der Waals surface area (Å²) in [5.41, 5.74) is 1.38. The van der Waals surface area contributed by atoms with Crippen molar-refractivity contribution in [3.05, 3.63) is 54.1 Å². The van der Waals surface area contributed by atoms with Crippen LogP contribution in [0.25, 0.3) is 0 Å². The summed E-state index contributed by atoms with van der Waals surface area (Å²) < 4.78 is 11.2. The zero-order valence-corrected chi connectivity index (χ0v) is 14.9. The quantitative estimate of drug-likeness (QED) is 0.823. The first-order chi connectivity index (χ1) is 12.7. The molecule has 3 rings (SSSR count). The normalized spacial score (nSPS) is 14.9. The number of rotatable bonds is 7. The van der Waals surface area contributed by atoms with Gasteiger partial charge < -0.3 is 19.5 Å². The Morgan fingerprint density at radius 2 is 1.85 bits per heavy atom. The molecule has 0 unspecified atom stereocenters. The first kappa shape index (κ1) is 18.1. The molecule has 0 radical (unpaired) electrons. The summed E-state index contributed by atoms with van der Waals surface area (Å²) in [7, 11) is 1.70. The first-order valence-electron chi connectivity index (χ1n) is 8.74. The average molecular weight is 356 g/mol. The number of aromatic carboxylic acids is 1. The second-order valence-electron chi connectivity index (χ2n) is 6.18. The van der Waals surface area contributed by atoms with Crippen LogP contribution < -0.4 is 14.4 Å². The molecule has 138 valence electrons. The number of benzene rings is 2. The second kappa shape index (κ2) is 8.58. The number of anilines is 1. The number of methoxy groups -OCH3 is 1. The number of ether oxygens (including phenoxy) is 2.